The lowest BCUT2D eigenvalue weighted by molar-refractivity contribution is -0.138. The summed E-state index contributed by atoms with van der Waals surface area (Å²) in [5, 5.41) is 17.0. The van der Waals surface area contributed by atoms with E-state index in [4.69, 9.17) is 9.52 Å². The van der Waals surface area contributed by atoms with Crippen LogP contribution in [-0.4, -0.2) is 34.4 Å². The minimum atomic E-state index is -0.731. The molecule has 1 saturated carbocycles. The van der Waals surface area contributed by atoms with Crippen molar-refractivity contribution in [3.05, 3.63) is 5.89 Å². The maximum absolute atomic E-state index is 10.7. The van der Waals surface area contributed by atoms with E-state index >= 15 is 0 Å². The third-order valence-corrected chi connectivity index (χ3v) is 3.61. The predicted octanol–water partition coefficient (Wildman–Crippen LogP) is 1.64. The van der Waals surface area contributed by atoms with Crippen LogP contribution < -0.4 is 4.90 Å². The van der Waals surface area contributed by atoms with Gasteiger partial charge in [0.05, 0.1) is 0 Å². The van der Waals surface area contributed by atoms with Gasteiger partial charge in [0.2, 0.25) is 5.89 Å². The summed E-state index contributed by atoms with van der Waals surface area (Å²) in [5.74, 6) is 0.662. The van der Waals surface area contributed by atoms with Gasteiger partial charge in [0, 0.05) is 25.4 Å². The molecule has 0 bridgehead atoms. The van der Waals surface area contributed by atoms with Gasteiger partial charge in [-0.15, -0.1) is 5.10 Å². The molecule has 6 nitrogen and oxygen atoms in total. The first-order valence-corrected chi connectivity index (χ1v) is 6.52. The van der Waals surface area contributed by atoms with E-state index in [1.807, 2.05) is 4.90 Å². The number of nitrogens with zero attached hydrogens (tertiary/aromatic N) is 3. The first-order valence-electron chi connectivity index (χ1n) is 6.52. The Labute approximate surface area is 105 Å². The zero-order chi connectivity index (χ0) is 12.5. The second kappa shape index (κ2) is 4.59. The standard InChI is InChI=1S/C12H17N3O3/c16-10(17)6-8-2-1-5-15(7-8)12-14-13-11(18-12)9-3-4-9/h8-9H,1-7H2,(H,16,17). The summed E-state index contributed by atoms with van der Waals surface area (Å²) in [7, 11) is 0. The van der Waals surface area contributed by atoms with Crippen molar-refractivity contribution in [1.82, 2.24) is 10.2 Å². The van der Waals surface area contributed by atoms with Crippen molar-refractivity contribution in [3.63, 3.8) is 0 Å². The van der Waals surface area contributed by atoms with Crippen molar-refractivity contribution < 1.29 is 14.3 Å². The number of anilines is 1. The summed E-state index contributed by atoms with van der Waals surface area (Å²) in [6, 6.07) is 0.562. The van der Waals surface area contributed by atoms with Crippen LogP contribution in [0.15, 0.2) is 4.42 Å². The van der Waals surface area contributed by atoms with Gasteiger partial charge >= 0.3 is 12.0 Å². The van der Waals surface area contributed by atoms with Crippen LogP contribution in [0.2, 0.25) is 0 Å². The van der Waals surface area contributed by atoms with Crippen LogP contribution in [0.4, 0.5) is 6.01 Å². The van der Waals surface area contributed by atoms with Crippen molar-refractivity contribution in [2.45, 2.75) is 38.0 Å². The highest BCUT2D eigenvalue weighted by Crippen LogP contribution is 2.40. The van der Waals surface area contributed by atoms with Gasteiger partial charge < -0.3 is 14.4 Å². The van der Waals surface area contributed by atoms with Gasteiger partial charge in [0.1, 0.15) is 0 Å². The molecule has 1 atom stereocenters. The molecule has 1 aliphatic carbocycles. The van der Waals surface area contributed by atoms with Crippen LogP contribution >= 0.6 is 0 Å². The van der Waals surface area contributed by atoms with E-state index in [9.17, 15) is 4.79 Å². The summed E-state index contributed by atoms with van der Waals surface area (Å²) in [5.41, 5.74) is 0. The molecule has 6 heteroatoms. The largest absolute Gasteiger partial charge is 0.481 e. The minimum absolute atomic E-state index is 0.188. The number of piperidine rings is 1. The molecule has 1 unspecified atom stereocenters. The monoisotopic (exact) mass is 251 g/mol. The number of carboxylic acid groups (broad SMARTS) is 1. The minimum Gasteiger partial charge on any atom is -0.481 e. The average Bonchev–Trinajstić information content (AvgIpc) is 3.07. The number of hydrogen-bond acceptors (Lipinski definition) is 5. The lowest BCUT2D eigenvalue weighted by atomic mass is 9.95. The highest BCUT2D eigenvalue weighted by Gasteiger charge is 2.31. The zero-order valence-corrected chi connectivity index (χ0v) is 10.2. The molecule has 18 heavy (non-hydrogen) atoms. The van der Waals surface area contributed by atoms with Crippen molar-refractivity contribution in [2.75, 3.05) is 18.0 Å². The van der Waals surface area contributed by atoms with Crippen molar-refractivity contribution in [3.8, 4) is 0 Å². The van der Waals surface area contributed by atoms with Crippen molar-refractivity contribution >= 4 is 12.0 Å². The number of rotatable bonds is 4. The molecule has 1 N–H and O–H groups in total. The number of aromatic nitrogens is 2. The fourth-order valence-corrected chi connectivity index (χ4v) is 2.50. The van der Waals surface area contributed by atoms with Crippen LogP contribution in [0.3, 0.4) is 0 Å². The molecule has 0 radical (unpaired) electrons. The smallest absolute Gasteiger partial charge is 0.318 e. The number of aliphatic carboxylic acids is 1. The molecular weight excluding hydrogens is 234 g/mol. The average molecular weight is 251 g/mol. The second-order valence-corrected chi connectivity index (χ2v) is 5.25. The van der Waals surface area contributed by atoms with E-state index in [1.54, 1.807) is 0 Å². The van der Waals surface area contributed by atoms with Gasteiger partial charge in [0.15, 0.2) is 0 Å². The maximum atomic E-state index is 10.7. The molecule has 0 spiro atoms. The normalized spacial score (nSPS) is 24.2. The molecule has 0 amide bonds. The fraction of sp³-hybridized carbons (Fsp3) is 0.750. The van der Waals surface area contributed by atoms with E-state index < -0.39 is 5.97 Å². The quantitative estimate of drug-likeness (QED) is 0.876. The Balaban J connectivity index is 1.64. The SMILES string of the molecule is O=C(O)CC1CCCN(c2nnc(C3CC3)o2)C1. The van der Waals surface area contributed by atoms with Gasteiger partial charge in [-0.25, -0.2) is 0 Å². The van der Waals surface area contributed by atoms with E-state index in [1.165, 1.54) is 0 Å². The van der Waals surface area contributed by atoms with Crippen LogP contribution in [0.25, 0.3) is 0 Å². The Kier molecular flexibility index (Phi) is 2.93. The number of carboxylic acids is 1. The van der Waals surface area contributed by atoms with E-state index in [0.717, 1.165) is 38.1 Å². The topological polar surface area (TPSA) is 79.5 Å². The van der Waals surface area contributed by atoms with Crippen LogP contribution in [0.1, 0.15) is 43.9 Å². The summed E-state index contributed by atoms with van der Waals surface area (Å²) in [4.78, 5) is 12.8. The Bertz CT molecular complexity index is 442. The second-order valence-electron chi connectivity index (χ2n) is 5.25. The van der Waals surface area contributed by atoms with Gasteiger partial charge in [-0.3, -0.25) is 4.79 Å². The molecular formula is C12H17N3O3. The first kappa shape index (κ1) is 11.5. The fourth-order valence-electron chi connectivity index (χ4n) is 2.50. The highest BCUT2D eigenvalue weighted by molar-refractivity contribution is 5.67. The molecule has 2 fully saturated rings. The summed E-state index contributed by atoms with van der Waals surface area (Å²) < 4.78 is 5.66. The predicted molar refractivity (Wildman–Crippen MR) is 63.5 cm³/mol. The maximum Gasteiger partial charge on any atom is 0.318 e. The molecule has 98 valence electrons. The van der Waals surface area contributed by atoms with Gasteiger partial charge in [-0.1, -0.05) is 5.10 Å². The number of carbonyl (C=O) groups is 1. The van der Waals surface area contributed by atoms with Crippen LogP contribution in [-0.2, 0) is 4.79 Å². The van der Waals surface area contributed by atoms with Gasteiger partial charge in [0.25, 0.3) is 0 Å². The zero-order valence-electron chi connectivity index (χ0n) is 10.2. The van der Waals surface area contributed by atoms with Crippen molar-refractivity contribution in [2.24, 2.45) is 5.92 Å². The lowest BCUT2D eigenvalue weighted by Gasteiger charge is -2.30. The summed E-state index contributed by atoms with van der Waals surface area (Å²) in [6.45, 7) is 1.58. The molecule has 1 aliphatic heterocycles. The summed E-state index contributed by atoms with van der Waals surface area (Å²) in [6.07, 6.45) is 4.46. The molecule has 3 rings (SSSR count). The highest BCUT2D eigenvalue weighted by atomic mass is 16.4. The molecule has 1 saturated heterocycles. The van der Waals surface area contributed by atoms with Crippen LogP contribution in [0.5, 0.6) is 0 Å². The Morgan fingerprint density at radius 1 is 1.39 bits per heavy atom. The first-order chi connectivity index (χ1) is 8.72. The van der Waals surface area contributed by atoms with Crippen molar-refractivity contribution in [1.29, 1.82) is 0 Å². The Hall–Kier alpha value is -1.59. The molecule has 0 aromatic carbocycles. The van der Waals surface area contributed by atoms with Gasteiger partial charge in [-0.05, 0) is 31.6 Å². The third kappa shape index (κ3) is 2.47. The molecule has 1 aromatic heterocycles. The Morgan fingerprint density at radius 2 is 2.22 bits per heavy atom. The van der Waals surface area contributed by atoms with E-state index in [2.05, 4.69) is 10.2 Å². The van der Waals surface area contributed by atoms with E-state index in [0.29, 0.717) is 18.5 Å². The molecule has 2 aliphatic rings. The Morgan fingerprint density at radius 3 is 2.94 bits per heavy atom. The molecule has 1 aromatic rings. The van der Waals surface area contributed by atoms with Gasteiger partial charge in [-0.2, -0.15) is 0 Å². The van der Waals surface area contributed by atoms with E-state index in [-0.39, 0.29) is 12.3 Å². The summed E-state index contributed by atoms with van der Waals surface area (Å²) >= 11 is 0. The van der Waals surface area contributed by atoms with Crippen LogP contribution in [0, 0.1) is 5.92 Å². The lowest BCUT2D eigenvalue weighted by Crippen LogP contribution is -2.36. The molecule has 2 heterocycles. The number of hydrogen-bond donors (Lipinski definition) is 1. The third-order valence-electron chi connectivity index (χ3n) is 3.61.